The van der Waals surface area contributed by atoms with Crippen molar-refractivity contribution in [2.45, 2.75) is 4.90 Å². The minimum atomic E-state index is -4.06. The quantitative estimate of drug-likeness (QED) is 0.490. The Morgan fingerprint density at radius 1 is 0.857 bits per heavy atom. The zero-order chi connectivity index (χ0) is 20.5. The number of carbonyl (C=O) groups excluding carboxylic acids is 1. The molecule has 3 rings (SSSR count). The first-order valence-corrected chi connectivity index (χ1v) is 10.4. The van der Waals surface area contributed by atoms with Gasteiger partial charge in [-0.25, -0.2) is 12.8 Å². The van der Waals surface area contributed by atoms with Crippen molar-refractivity contribution >= 4 is 56.3 Å². The van der Waals surface area contributed by atoms with Crippen molar-refractivity contribution in [3.8, 4) is 0 Å². The number of nitrogens with one attached hydrogen (secondary N) is 1. The maximum absolute atomic E-state index is 13.1. The molecule has 3 aromatic rings. The van der Waals surface area contributed by atoms with E-state index in [1.807, 2.05) is 0 Å². The van der Waals surface area contributed by atoms with Crippen LogP contribution in [0.3, 0.4) is 0 Å². The predicted octanol–water partition coefficient (Wildman–Crippen LogP) is 5.82. The van der Waals surface area contributed by atoms with Crippen molar-refractivity contribution in [1.82, 2.24) is 0 Å². The van der Waals surface area contributed by atoms with Gasteiger partial charge < -0.3 is 0 Å². The summed E-state index contributed by atoms with van der Waals surface area (Å²) < 4.78 is 40.9. The largest absolute Gasteiger partial charge is 0.289 e. The first-order chi connectivity index (χ1) is 13.2. The SMILES string of the molecule is O=C(c1ccc(F)cc1)c1cc(Cl)ccc1NS(=O)(=O)c1ccc(Cl)c(Cl)c1. The third-order valence-corrected chi connectivity index (χ3v) is 6.12. The number of halogens is 4. The molecular weight excluding hydrogens is 448 g/mol. The van der Waals surface area contributed by atoms with E-state index >= 15 is 0 Å². The highest BCUT2D eigenvalue weighted by Crippen LogP contribution is 2.29. The van der Waals surface area contributed by atoms with Crippen LogP contribution in [0.25, 0.3) is 0 Å². The van der Waals surface area contributed by atoms with Gasteiger partial charge in [-0.2, -0.15) is 0 Å². The van der Waals surface area contributed by atoms with Gasteiger partial charge in [0.05, 0.1) is 20.6 Å². The van der Waals surface area contributed by atoms with Crippen LogP contribution >= 0.6 is 34.8 Å². The molecule has 0 aliphatic rings. The van der Waals surface area contributed by atoms with Gasteiger partial charge in [0.15, 0.2) is 5.78 Å². The Hall–Kier alpha value is -2.12. The lowest BCUT2D eigenvalue weighted by molar-refractivity contribution is 0.103. The fourth-order valence-corrected chi connectivity index (χ4v) is 4.04. The second-order valence-corrected chi connectivity index (χ2v) is 8.64. The van der Waals surface area contributed by atoms with Gasteiger partial charge in [-0.3, -0.25) is 9.52 Å². The summed E-state index contributed by atoms with van der Waals surface area (Å²) in [4.78, 5) is 12.7. The summed E-state index contributed by atoms with van der Waals surface area (Å²) in [7, 11) is -4.06. The zero-order valence-electron chi connectivity index (χ0n) is 13.9. The smallest absolute Gasteiger partial charge is 0.261 e. The Labute approximate surface area is 175 Å². The number of anilines is 1. The highest BCUT2D eigenvalue weighted by Gasteiger charge is 2.21. The lowest BCUT2D eigenvalue weighted by atomic mass is 10.0. The predicted molar refractivity (Wildman–Crippen MR) is 109 cm³/mol. The van der Waals surface area contributed by atoms with E-state index in [-0.39, 0.29) is 36.8 Å². The molecule has 1 N–H and O–H groups in total. The molecule has 0 aliphatic heterocycles. The molecule has 0 atom stereocenters. The molecule has 0 aromatic heterocycles. The summed E-state index contributed by atoms with van der Waals surface area (Å²) in [6.07, 6.45) is 0. The Balaban J connectivity index is 2.01. The molecule has 0 fully saturated rings. The van der Waals surface area contributed by atoms with E-state index in [2.05, 4.69) is 4.72 Å². The molecule has 0 amide bonds. The average molecular weight is 459 g/mol. The van der Waals surface area contributed by atoms with Gasteiger partial charge in [0.2, 0.25) is 0 Å². The monoisotopic (exact) mass is 457 g/mol. The second kappa shape index (κ2) is 8.09. The van der Waals surface area contributed by atoms with Crippen LogP contribution in [0.4, 0.5) is 10.1 Å². The topological polar surface area (TPSA) is 63.2 Å². The van der Waals surface area contributed by atoms with Gasteiger partial charge in [0.1, 0.15) is 5.82 Å². The van der Waals surface area contributed by atoms with E-state index in [0.717, 1.165) is 12.1 Å². The number of hydrogen-bond acceptors (Lipinski definition) is 3. The zero-order valence-corrected chi connectivity index (χ0v) is 17.0. The van der Waals surface area contributed by atoms with Gasteiger partial charge in [-0.15, -0.1) is 0 Å². The number of ketones is 1. The average Bonchev–Trinajstić information content (AvgIpc) is 2.65. The Morgan fingerprint density at radius 3 is 2.18 bits per heavy atom. The summed E-state index contributed by atoms with van der Waals surface area (Å²) in [5, 5.41) is 0.519. The number of benzene rings is 3. The molecule has 28 heavy (non-hydrogen) atoms. The van der Waals surface area contributed by atoms with Crippen LogP contribution in [-0.4, -0.2) is 14.2 Å². The first-order valence-electron chi connectivity index (χ1n) is 7.75. The summed E-state index contributed by atoms with van der Waals surface area (Å²) >= 11 is 17.7. The molecule has 0 spiro atoms. The van der Waals surface area contributed by atoms with Gasteiger partial charge >= 0.3 is 0 Å². The van der Waals surface area contributed by atoms with Crippen molar-refractivity contribution in [1.29, 1.82) is 0 Å². The maximum atomic E-state index is 13.1. The molecule has 0 saturated carbocycles. The first kappa shape index (κ1) is 20.6. The third-order valence-electron chi connectivity index (χ3n) is 3.78. The lowest BCUT2D eigenvalue weighted by Crippen LogP contribution is -2.16. The maximum Gasteiger partial charge on any atom is 0.261 e. The van der Waals surface area contributed by atoms with Gasteiger partial charge in [-0.05, 0) is 60.7 Å². The van der Waals surface area contributed by atoms with E-state index < -0.39 is 21.6 Å². The van der Waals surface area contributed by atoms with Gasteiger partial charge in [-0.1, -0.05) is 34.8 Å². The molecule has 0 aliphatic carbocycles. The van der Waals surface area contributed by atoms with E-state index in [4.69, 9.17) is 34.8 Å². The highest BCUT2D eigenvalue weighted by molar-refractivity contribution is 7.92. The molecule has 0 unspecified atom stereocenters. The normalized spacial score (nSPS) is 11.3. The number of rotatable bonds is 5. The van der Waals surface area contributed by atoms with Gasteiger partial charge in [0.25, 0.3) is 10.0 Å². The van der Waals surface area contributed by atoms with Crippen LogP contribution < -0.4 is 4.72 Å². The van der Waals surface area contributed by atoms with Crippen molar-refractivity contribution in [2.24, 2.45) is 0 Å². The second-order valence-electron chi connectivity index (χ2n) is 5.71. The summed E-state index contributed by atoms with van der Waals surface area (Å²) in [6, 6.07) is 12.9. The Bertz CT molecular complexity index is 1170. The third kappa shape index (κ3) is 4.47. The summed E-state index contributed by atoms with van der Waals surface area (Å²) in [6.45, 7) is 0. The van der Waals surface area contributed by atoms with Crippen LogP contribution in [0.15, 0.2) is 65.6 Å². The Kier molecular flexibility index (Phi) is 5.95. The number of carbonyl (C=O) groups is 1. The molecule has 4 nitrogen and oxygen atoms in total. The fourth-order valence-electron chi connectivity index (χ4n) is 2.40. The van der Waals surface area contributed by atoms with Crippen LogP contribution in [0, 0.1) is 5.82 Å². The number of hydrogen-bond donors (Lipinski definition) is 1. The van der Waals surface area contributed by atoms with Crippen molar-refractivity contribution in [3.05, 3.63) is 92.7 Å². The summed E-state index contributed by atoms with van der Waals surface area (Å²) in [5.74, 6) is -1.02. The van der Waals surface area contributed by atoms with Crippen LogP contribution in [-0.2, 0) is 10.0 Å². The van der Waals surface area contributed by atoms with Crippen molar-refractivity contribution in [2.75, 3.05) is 4.72 Å². The van der Waals surface area contributed by atoms with Crippen LogP contribution in [0.5, 0.6) is 0 Å². The minimum Gasteiger partial charge on any atom is -0.289 e. The molecule has 144 valence electrons. The summed E-state index contributed by atoms with van der Waals surface area (Å²) in [5.41, 5.74) is 0.214. The molecule has 0 saturated heterocycles. The van der Waals surface area contributed by atoms with E-state index in [9.17, 15) is 17.6 Å². The molecular formula is C19H11Cl3FNO3S. The molecule has 0 bridgehead atoms. The molecule has 3 aromatic carbocycles. The fraction of sp³-hybridized carbons (Fsp3) is 0. The standard InChI is InChI=1S/C19H11Cl3FNO3S/c20-12-3-8-18(15(9-12)19(25)11-1-4-13(23)5-2-11)24-28(26,27)14-6-7-16(21)17(22)10-14/h1-10,24H. The number of sulfonamides is 1. The van der Waals surface area contributed by atoms with Gasteiger partial charge in [0, 0.05) is 16.1 Å². The van der Waals surface area contributed by atoms with E-state index in [1.165, 1.54) is 48.5 Å². The van der Waals surface area contributed by atoms with E-state index in [1.54, 1.807) is 0 Å². The van der Waals surface area contributed by atoms with Crippen molar-refractivity contribution in [3.63, 3.8) is 0 Å². The van der Waals surface area contributed by atoms with Crippen LogP contribution in [0.1, 0.15) is 15.9 Å². The molecule has 0 heterocycles. The van der Waals surface area contributed by atoms with E-state index in [0.29, 0.717) is 0 Å². The molecule has 9 heteroatoms. The molecule has 0 radical (unpaired) electrons. The van der Waals surface area contributed by atoms with Crippen LogP contribution in [0.2, 0.25) is 15.1 Å². The van der Waals surface area contributed by atoms with Crippen molar-refractivity contribution < 1.29 is 17.6 Å². The minimum absolute atomic E-state index is 0.0164. The highest BCUT2D eigenvalue weighted by atomic mass is 35.5. The Morgan fingerprint density at radius 2 is 1.54 bits per heavy atom. The lowest BCUT2D eigenvalue weighted by Gasteiger charge is -2.13.